The van der Waals surface area contributed by atoms with Crippen LogP contribution in [0.25, 0.3) is 0 Å². The molecule has 0 saturated heterocycles. The highest BCUT2D eigenvalue weighted by atomic mass is 16.7. The lowest BCUT2D eigenvalue weighted by Crippen LogP contribution is -2.12. The number of hydrogen-bond acceptors (Lipinski definition) is 5. The topological polar surface area (TPSA) is 56.5 Å². The van der Waals surface area contributed by atoms with E-state index in [2.05, 4.69) is 10.5 Å². The highest BCUT2D eigenvalue weighted by Gasteiger charge is 2.16. The van der Waals surface area contributed by atoms with Gasteiger partial charge in [0.15, 0.2) is 11.5 Å². The van der Waals surface area contributed by atoms with Gasteiger partial charge < -0.3 is 19.3 Å². The first-order valence-corrected chi connectivity index (χ1v) is 5.40. The molecule has 2 heterocycles. The van der Waals surface area contributed by atoms with Crippen molar-refractivity contribution in [2.45, 2.75) is 13.1 Å². The molecule has 1 aromatic carbocycles. The van der Waals surface area contributed by atoms with Crippen molar-refractivity contribution in [3.05, 3.63) is 41.8 Å². The van der Waals surface area contributed by atoms with Gasteiger partial charge in [-0.05, 0) is 6.07 Å². The van der Waals surface area contributed by atoms with Gasteiger partial charge in [0, 0.05) is 24.2 Å². The Kier molecular flexibility index (Phi) is 2.67. The molecule has 0 bridgehead atoms. The van der Waals surface area contributed by atoms with Gasteiger partial charge in [0.1, 0.15) is 6.26 Å². The number of nitrogens with zero attached hydrogens (tertiary/aromatic N) is 1. The zero-order valence-electron chi connectivity index (χ0n) is 9.18. The first-order chi connectivity index (χ1) is 8.43. The molecule has 0 atom stereocenters. The van der Waals surface area contributed by atoms with Crippen LogP contribution in [0.2, 0.25) is 0 Å². The van der Waals surface area contributed by atoms with Crippen molar-refractivity contribution in [2.24, 2.45) is 0 Å². The highest BCUT2D eigenvalue weighted by molar-refractivity contribution is 5.48. The van der Waals surface area contributed by atoms with Crippen LogP contribution in [0.5, 0.6) is 11.5 Å². The van der Waals surface area contributed by atoms with Gasteiger partial charge in [-0.3, -0.25) is 0 Å². The summed E-state index contributed by atoms with van der Waals surface area (Å²) in [5, 5.41) is 6.94. The SMILES string of the molecule is c1cc(CNCc2cnoc2)c2c(c1)OCO2. The minimum absolute atomic E-state index is 0.304. The van der Waals surface area contributed by atoms with E-state index in [1.165, 1.54) is 0 Å². The Hall–Kier alpha value is -2.01. The van der Waals surface area contributed by atoms with E-state index in [-0.39, 0.29) is 0 Å². The Morgan fingerprint density at radius 1 is 1.24 bits per heavy atom. The van der Waals surface area contributed by atoms with Crippen LogP contribution in [0, 0.1) is 0 Å². The van der Waals surface area contributed by atoms with Gasteiger partial charge in [-0.15, -0.1) is 0 Å². The average molecular weight is 232 g/mol. The molecule has 17 heavy (non-hydrogen) atoms. The molecule has 0 saturated carbocycles. The van der Waals surface area contributed by atoms with Crippen molar-refractivity contribution in [1.82, 2.24) is 10.5 Å². The van der Waals surface area contributed by atoms with Crippen molar-refractivity contribution >= 4 is 0 Å². The Morgan fingerprint density at radius 2 is 2.24 bits per heavy atom. The summed E-state index contributed by atoms with van der Waals surface area (Å²) in [5.41, 5.74) is 2.12. The van der Waals surface area contributed by atoms with Crippen LogP contribution in [0.15, 0.2) is 35.2 Å². The molecule has 0 radical (unpaired) electrons. The predicted molar refractivity (Wildman–Crippen MR) is 59.6 cm³/mol. The number of rotatable bonds is 4. The summed E-state index contributed by atoms with van der Waals surface area (Å²) in [7, 11) is 0. The van der Waals surface area contributed by atoms with E-state index in [4.69, 9.17) is 14.0 Å². The molecule has 88 valence electrons. The van der Waals surface area contributed by atoms with Crippen LogP contribution in [-0.4, -0.2) is 11.9 Å². The lowest BCUT2D eigenvalue weighted by atomic mass is 10.2. The summed E-state index contributed by atoms with van der Waals surface area (Å²) in [6, 6.07) is 5.89. The highest BCUT2D eigenvalue weighted by Crippen LogP contribution is 2.35. The Morgan fingerprint density at radius 3 is 3.12 bits per heavy atom. The van der Waals surface area contributed by atoms with Crippen LogP contribution >= 0.6 is 0 Å². The number of fused-ring (bicyclic) bond motifs is 1. The molecule has 1 aliphatic heterocycles. The van der Waals surface area contributed by atoms with Gasteiger partial charge in [0.2, 0.25) is 6.79 Å². The summed E-state index contributed by atoms with van der Waals surface area (Å²) in [6.45, 7) is 1.74. The minimum Gasteiger partial charge on any atom is -0.454 e. The molecular formula is C12H12N2O3. The second-order valence-electron chi connectivity index (χ2n) is 3.79. The van der Waals surface area contributed by atoms with Crippen molar-refractivity contribution in [3.63, 3.8) is 0 Å². The number of benzene rings is 1. The maximum Gasteiger partial charge on any atom is 0.231 e. The van der Waals surface area contributed by atoms with E-state index in [0.29, 0.717) is 13.3 Å². The molecule has 0 amide bonds. The fourth-order valence-electron chi connectivity index (χ4n) is 1.79. The van der Waals surface area contributed by atoms with E-state index in [0.717, 1.165) is 29.2 Å². The molecule has 1 aliphatic rings. The second kappa shape index (κ2) is 4.47. The number of ether oxygens (including phenoxy) is 2. The average Bonchev–Trinajstić information content (AvgIpc) is 2.99. The van der Waals surface area contributed by atoms with Crippen molar-refractivity contribution in [2.75, 3.05) is 6.79 Å². The smallest absolute Gasteiger partial charge is 0.231 e. The minimum atomic E-state index is 0.304. The standard InChI is InChI=1S/C12H12N2O3/c1-2-10(12-11(3-1)15-8-16-12)6-13-4-9-5-14-17-7-9/h1-3,5,7,13H,4,6,8H2. The molecule has 5 heteroatoms. The van der Waals surface area contributed by atoms with E-state index in [1.54, 1.807) is 12.5 Å². The lowest BCUT2D eigenvalue weighted by Gasteiger charge is -2.06. The van der Waals surface area contributed by atoms with E-state index < -0.39 is 0 Å². The normalized spacial score (nSPS) is 12.9. The molecule has 3 rings (SSSR count). The Labute approximate surface area is 98.3 Å². The third kappa shape index (κ3) is 2.09. The molecule has 1 aromatic heterocycles. The van der Waals surface area contributed by atoms with Crippen LogP contribution in [0.3, 0.4) is 0 Å². The Balaban J connectivity index is 1.64. The van der Waals surface area contributed by atoms with Crippen LogP contribution in [0.4, 0.5) is 0 Å². The van der Waals surface area contributed by atoms with Gasteiger partial charge >= 0.3 is 0 Å². The van der Waals surface area contributed by atoms with Crippen LogP contribution in [0.1, 0.15) is 11.1 Å². The summed E-state index contributed by atoms with van der Waals surface area (Å²) in [4.78, 5) is 0. The third-order valence-electron chi connectivity index (χ3n) is 2.61. The number of aromatic nitrogens is 1. The van der Waals surface area contributed by atoms with Crippen molar-refractivity contribution in [1.29, 1.82) is 0 Å². The summed E-state index contributed by atoms with van der Waals surface area (Å²) < 4.78 is 15.5. The quantitative estimate of drug-likeness (QED) is 0.869. The number of nitrogens with one attached hydrogen (secondary N) is 1. The zero-order chi connectivity index (χ0) is 11.5. The number of hydrogen-bond donors (Lipinski definition) is 1. The van der Waals surface area contributed by atoms with Crippen LogP contribution in [-0.2, 0) is 13.1 Å². The predicted octanol–water partition coefficient (Wildman–Crippen LogP) is 1.69. The first-order valence-electron chi connectivity index (χ1n) is 5.40. The molecular weight excluding hydrogens is 220 g/mol. The molecule has 2 aromatic rings. The second-order valence-corrected chi connectivity index (χ2v) is 3.79. The number of para-hydroxylation sites is 1. The molecule has 1 N–H and O–H groups in total. The fourth-order valence-corrected chi connectivity index (χ4v) is 1.79. The summed E-state index contributed by atoms with van der Waals surface area (Å²) in [5.74, 6) is 1.65. The third-order valence-corrected chi connectivity index (χ3v) is 2.61. The van der Waals surface area contributed by atoms with Gasteiger partial charge in [-0.1, -0.05) is 17.3 Å². The largest absolute Gasteiger partial charge is 0.454 e. The van der Waals surface area contributed by atoms with E-state index >= 15 is 0 Å². The maximum atomic E-state index is 5.42. The van der Waals surface area contributed by atoms with Crippen molar-refractivity contribution < 1.29 is 14.0 Å². The van der Waals surface area contributed by atoms with Gasteiger partial charge in [-0.2, -0.15) is 0 Å². The van der Waals surface area contributed by atoms with Crippen LogP contribution < -0.4 is 14.8 Å². The summed E-state index contributed by atoms with van der Waals surface area (Å²) >= 11 is 0. The van der Waals surface area contributed by atoms with E-state index in [9.17, 15) is 0 Å². The van der Waals surface area contributed by atoms with Gasteiger partial charge in [0.05, 0.1) is 6.20 Å². The molecule has 5 nitrogen and oxygen atoms in total. The molecule has 0 fully saturated rings. The lowest BCUT2D eigenvalue weighted by molar-refractivity contribution is 0.173. The Bertz CT molecular complexity index is 496. The van der Waals surface area contributed by atoms with E-state index in [1.807, 2.05) is 18.2 Å². The molecule has 0 unspecified atom stereocenters. The first kappa shape index (κ1) is 10.2. The van der Waals surface area contributed by atoms with Crippen molar-refractivity contribution in [3.8, 4) is 11.5 Å². The summed E-state index contributed by atoms with van der Waals surface area (Å²) in [6.07, 6.45) is 3.32. The fraction of sp³-hybridized carbons (Fsp3) is 0.250. The molecule has 0 spiro atoms. The zero-order valence-corrected chi connectivity index (χ0v) is 9.18. The maximum absolute atomic E-state index is 5.42. The van der Waals surface area contributed by atoms with Gasteiger partial charge in [0.25, 0.3) is 0 Å². The molecule has 0 aliphatic carbocycles. The monoisotopic (exact) mass is 232 g/mol. The van der Waals surface area contributed by atoms with Gasteiger partial charge in [-0.25, -0.2) is 0 Å².